The third kappa shape index (κ3) is 6.08. The minimum atomic E-state index is -0.859. The summed E-state index contributed by atoms with van der Waals surface area (Å²) in [5, 5.41) is 12.6. The fourth-order valence-electron chi connectivity index (χ4n) is 2.60. The Labute approximate surface area is 155 Å². The lowest BCUT2D eigenvalue weighted by Gasteiger charge is -2.16. The summed E-state index contributed by atoms with van der Waals surface area (Å²) in [5.41, 5.74) is 1.95. The number of aliphatic carboxylic acids is 1. The molecule has 0 aliphatic carbocycles. The highest BCUT2D eigenvalue weighted by atomic mass is 16.5. The van der Waals surface area contributed by atoms with Crippen molar-refractivity contribution >= 4 is 5.97 Å². The van der Waals surface area contributed by atoms with E-state index in [1.165, 1.54) is 0 Å². The normalized spacial score (nSPS) is 11.8. The summed E-state index contributed by atoms with van der Waals surface area (Å²) in [4.78, 5) is 11.6. The van der Waals surface area contributed by atoms with Gasteiger partial charge < -0.3 is 19.9 Å². The van der Waals surface area contributed by atoms with E-state index in [-0.39, 0.29) is 0 Å². The lowest BCUT2D eigenvalue weighted by atomic mass is 10.1. The first-order valence-corrected chi connectivity index (χ1v) is 9.02. The molecule has 0 radical (unpaired) electrons. The number of rotatable bonds is 11. The van der Waals surface area contributed by atoms with Crippen molar-refractivity contribution in [1.29, 1.82) is 0 Å². The molecule has 0 aliphatic rings. The van der Waals surface area contributed by atoms with E-state index in [2.05, 4.69) is 12.2 Å². The maximum Gasteiger partial charge on any atom is 0.321 e. The molecule has 0 heterocycles. The van der Waals surface area contributed by atoms with Crippen LogP contribution in [-0.4, -0.2) is 30.3 Å². The Kier molecular flexibility index (Phi) is 7.96. The molecule has 0 aliphatic heterocycles. The molecule has 0 amide bonds. The second-order valence-corrected chi connectivity index (χ2v) is 6.02. The van der Waals surface area contributed by atoms with Crippen LogP contribution in [0.2, 0.25) is 0 Å². The Hall–Kier alpha value is -2.53. The fraction of sp³-hybridized carbons (Fsp3) is 0.381. The molecule has 0 saturated carbocycles. The number of hydrogen-bond acceptors (Lipinski definition) is 4. The topological polar surface area (TPSA) is 67.8 Å². The Morgan fingerprint density at radius 2 is 1.81 bits per heavy atom. The average molecular weight is 357 g/mol. The molecule has 2 N–H and O–H groups in total. The summed E-state index contributed by atoms with van der Waals surface area (Å²) in [5.74, 6) is 0.550. The number of ether oxygens (including phenoxy) is 2. The van der Waals surface area contributed by atoms with Crippen molar-refractivity contribution < 1.29 is 19.4 Å². The zero-order valence-electron chi connectivity index (χ0n) is 15.4. The van der Waals surface area contributed by atoms with Gasteiger partial charge in [-0.15, -0.1) is 0 Å². The highest BCUT2D eigenvalue weighted by Crippen LogP contribution is 2.28. The minimum absolute atomic E-state index is 0.437. The summed E-state index contributed by atoms with van der Waals surface area (Å²) in [6, 6.07) is 14.7. The van der Waals surface area contributed by atoms with E-state index >= 15 is 0 Å². The molecule has 2 aromatic carbocycles. The highest BCUT2D eigenvalue weighted by Gasteiger charge is 2.17. The van der Waals surface area contributed by atoms with Crippen molar-refractivity contribution in [1.82, 2.24) is 5.32 Å². The molecule has 1 atom stereocenters. The quantitative estimate of drug-likeness (QED) is 0.642. The van der Waals surface area contributed by atoms with Gasteiger partial charge in [-0.05, 0) is 43.0 Å². The van der Waals surface area contributed by atoms with Crippen LogP contribution in [0, 0.1) is 0 Å². The Bertz CT molecular complexity index is 688. The van der Waals surface area contributed by atoms with Crippen LogP contribution in [0.3, 0.4) is 0 Å². The highest BCUT2D eigenvalue weighted by molar-refractivity contribution is 5.73. The van der Waals surface area contributed by atoms with Gasteiger partial charge in [-0.3, -0.25) is 4.79 Å². The molecule has 2 aromatic rings. The first-order valence-electron chi connectivity index (χ1n) is 9.02. The van der Waals surface area contributed by atoms with Crippen LogP contribution < -0.4 is 14.8 Å². The van der Waals surface area contributed by atoms with Crippen molar-refractivity contribution in [2.24, 2.45) is 0 Å². The van der Waals surface area contributed by atoms with Crippen LogP contribution in [0.15, 0.2) is 48.5 Å². The van der Waals surface area contributed by atoms with Crippen molar-refractivity contribution in [3.63, 3.8) is 0 Å². The predicted molar refractivity (Wildman–Crippen MR) is 102 cm³/mol. The van der Waals surface area contributed by atoms with Gasteiger partial charge in [0.05, 0.1) is 13.2 Å². The molecule has 0 unspecified atom stereocenters. The van der Waals surface area contributed by atoms with E-state index in [1.54, 1.807) is 0 Å². The molecule has 2 rings (SSSR count). The van der Waals surface area contributed by atoms with Gasteiger partial charge in [-0.2, -0.15) is 0 Å². The fourth-order valence-corrected chi connectivity index (χ4v) is 2.60. The zero-order valence-corrected chi connectivity index (χ0v) is 15.4. The Morgan fingerprint density at radius 1 is 1.04 bits per heavy atom. The standard InChI is InChI=1S/C21H27NO4/c1-3-12-26-19-11-10-17(14-20(19)25-4-2)15-22-18(21(23)24)13-16-8-6-5-7-9-16/h5-11,14,18,22H,3-4,12-13,15H2,1-2H3,(H,23,24)/t18-/m0/s1. The van der Waals surface area contributed by atoms with Crippen LogP contribution in [-0.2, 0) is 17.8 Å². The third-order valence-corrected chi connectivity index (χ3v) is 3.90. The van der Waals surface area contributed by atoms with Crippen molar-refractivity contribution in [3.05, 3.63) is 59.7 Å². The van der Waals surface area contributed by atoms with Crippen LogP contribution >= 0.6 is 0 Å². The average Bonchev–Trinajstić information content (AvgIpc) is 2.65. The maximum atomic E-state index is 11.6. The molecule has 140 valence electrons. The van der Waals surface area contributed by atoms with E-state index in [4.69, 9.17) is 9.47 Å². The molecular formula is C21H27NO4. The summed E-state index contributed by atoms with van der Waals surface area (Å²) >= 11 is 0. The minimum Gasteiger partial charge on any atom is -0.490 e. The molecule has 5 heteroatoms. The summed E-state index contributed by atoms with van der Waals surface area (Å²) in [6.45, 7) is 5.60. The molecule has 5 nitrogen and oxygen atoms in total. The molecule has 26 heavy (non-hydrogen) atoms. The van der Waals surface area contributed by atoms with Gasteiger partial charge in [-0.25, -0.2) is 0 Å². The number of carboxylic acid groups (broad SMARTS) is 1. The van der Waals surface area contributed by atoms with Crippen molar-refractivity contribution in [2.75, 3.05) is 13.2 Å². The van der Waals surface area contributed by atoms with Gasteiger partial charge in [0, 0.05) is 6.54 Å². The molecule has 0 spiro atoms. The van der Waals surface area contributed by atoms with E-state index in [1.807, 2.05) is 55.5 Å². The smallest absolute Gasteiger partial charge is 0.321 e. The first-order chi connectivity index (χ1) is 12.6. The van der Waals surface area contributed by atoms with E-state index in [0.717, 1.165) is 23.3 Å². The van der Waals surface area contributed by atoms with Crippen LogP contribution in [0.5, 0.6) is 11.5 Å². The van der Waals surface area contributed by atoms with E-state index < -0.39 is 12.0 Å². The third-order valence-electron chi connectivity index (χ3n) is 3.90. The molecular weight excluding hydrogens is 330 g/mol. The van der Waals surface area contributed by atoms with Crippen LogP contribution in [0.1, 0.15) is 31.4 Å². The number of carboxylic acids is 1. The van der Waals surface area contributed by atoms with Crippen molar-refractivity contribution in [3.8, 4) is 11.5 Å². The summed E-state index contributed by atoms with van der Waals surface area (Å²) < 4.78 is 11.4. The molecule has 0 aromatic heterocycles. The SMILES string of the molecule is CCCOc1ccc(CN[C@@H](Cc2ccccc2)C(=O)O)cc1OCC. The second-order valence-electron chi connectivity index (χ2n) is 6.02. The molecule has 0 bridgehead atoms. The van der Waals surface area contributed by atoms with Crippen LogP contribution in [0.25, 0.3) is 0 Å². The summed E-state index contributed by atoms with van der Waals surface area (Å²) in [7, 11) is 0. The van der Waals surface area contributed by atoms with E-state index in [0.29, 0.717) is 31.9 Å². The van der Waals surface area contributed by atoms with Gasteiger partial charge >= 0.3 is 5.97 Å². The van der Waals surface area contributed by atoms with Gasteiger partial charge in [0.1, 0.15) is 6.04 Å². The maximum absolute atomic E-state index is 11.6. The number of nitrogens with one attached hydrogen (secondary N) is 1. The lowest BCUT2D eigenvalue weighted by Crippen LogP contribution is -2.38. The molecule has 0 fully saturated rings. The number of benzene rings is 2. The van der Waals surface area contributed by atoms with Gasteiger partial charge in [0.2, 0.25) is 0 Å². The zero-order chi connectivity index (χ0) is 18.8. The van der Waals surface area contributed by atoms with Gasteiger partial charge in [0.15, 0.2) is 11.5 Å². The Balaban J connectivity index is 2.03. The first kappa shape index (κ1) is 19.8. The van der Waals surface area contributed by atoms with Gasteiger partial charge in [0.25, 0.3) is 0 Å². The predicted octanol–water partition coefficient (Wildman–Crippen LogP) is 3.66. The van der Waals surface area contributed by atoms with Crippen LogP contribution in [0.4, 0.5) is 0 Å². The second kappa shape index (κ2) is 10.5. The Morgan fingerprint density at radius 3 is 2.46 bits per heavy atom. The summed E-state index contributed by atoms with van der Waals surface area (Å²) in [6.07, 6.45) is 1.36. The largest absolute Gasteiger partial charge is 0.490 e. The number of carbonyl (C=O) groups is 1. The van der Waals surface area contributed by atoms with E-state index in [9.17, 15) is 9.90 Å². The monoisotopic (exact) mass is 357 g/mol. The van der Waals surface area contributed by atoms with Gasteiger partial charge in [-0.1, -0.05) is 43.3 Å². The van der Waals surface area contributed by atoms with Crippen molar-refractivity contribution in [2.45, 2.75) is 39.3 Å². The lowest BCUT2D eigenvalue weighted by molar-refractivity contribution is -0.139. The number of hydrogen-bond donors (Lipinski definition) is 2. The molecule has 0 saturated heterocycles.